The van der Waals surface area contributed by atoms with Crippen molar-refractivity contribution in [1.29, 1.82) is 0 Å². The number of rotatable bonds is 5. The summed E-state index contributed by atoms with van der Waals surface area (Å²) in [6, 6.07) is 7.32. The lowest BCUT2D eigenvalue weighted by molar-refractivity contribution is -0.118. The van der Waals surface area contributed by atoms with Crippen LogP contribution in [0.1, 0.15) is 41.0 Å². The van der Waals surface area contributed by atoms with Gasteiger partial charge in [0.25, 0.3) is 5.91 Å². The third kappa shape index (κ3) is 3.73. The van der Waals surface area contributed by atoms with Gasteiger partial charge in [-0.3, -0.25) is 14.3 Å². The number of carbonyl (C=O) groups is 2. The van der Waals surface area contributed by atoms with E-state index in [-0.39, 0.29) is 24.2 Å². The van der Waals surface area contributed by atoms with Crippen LogP contribution in [0.15, 0.2) is 24.3 Å². The largest absolute Gasteiger partial charge is 0.489 e. The monoisotopic (exact) mass is 369 g/mol. The molecule has 1 amide bonds. The minimum Gasteiger partial charge on any atom is -0.489 e. The number of aromatic nitrogens is 2. The first-order chi connectivity index (χ1) is 13.1. The molecule has 2 aromatic rings. The van der Waals surface area contributed by atoms with Crippen LogP contribution in [0.4, 0.5) is 5.69 Å². The summed E-state index contributed by atoms with van der Waals surface area (Å²) in [6.45, 7) is 1.23. The molecule has 27 heavy (non-hydrogen) atoms. The number of nitrogens with zero attached hydrogens (tertiary/aromatic N) is 2. The zero-order chi connectivity index (χ0) is 18.8. The number of para-hydroxylation sites is 2. The van der Waals surface area contributed by atoms with Crippen LogP contribution in [0.2, 0.25) is 0 Å². The molecule has 0 saturated carbocycles. The predicted octanol–water partition coefficient (Wildman–Crippen LogP) is 2.29. The number of anilines is 1. The molecule has 1 unspecified atom stereocenters. The van der Waals surface area contributed by atoms with Crippen LogP contribution < -0.4 is 10.1 Å². The lowest BCUT2D eigenvalue weighted by Crippen LogP contribution is -2.20. The van der Waals surface area contributed by atoms with Crippen molar-refractivity contribution in [2.75, 3.05) is 18.5 Å². The van der Waals surface area contributed by atoms with Crippen LogP contribution in [-0.4, -0.2) is 40.8 Å². The van der Waals surface area contributed by atoms with Crippen molar-refractivity contribution >= 4 is 17.4 Å². The highest BCUT2D eigenvalue weighted by Crippen LogP contribution is 2.27. The molecule has 1 aliphatic heterocycles. The number of ether oxygens (including phenoxy) is 2. The number of carbonyl (C=O) groups excluding carboxylic acids is 2. The van der Waals surface area contributed by atoms with Crippen LogP contribution >= 0.6 is 0 Å². The summed E-state index contributed by atoms with van der Waals surface area (Å²) >= 11 is 0. The van der Waals surface area contributed by atoms with Crippen LogP contribution in [-0.2, 0) is 29.4 Å². The van der Waals surface area contributed by atoms with Gasteiger partial charge in [-0.2, -0.15) is 5.10 Å². The summed E-state index contributed by atoms with van der Waals surface area (Å²) in [7, 11) is 1.81. The quantitative estimate of drug-likeness (QED) is 0.874. The molecular weight excluding hydrogens is 346 g/mol. The van der Waals surface area contributed by atoms with Crippen molar-refractivity contribution in [3.8, 4) is 5.75 Å². The molecular formula is C20H23N3O4. The van der Waals surface area contributed by atoms with Gasteiger partial charge in [0, 0.05) is 37.8 Å². The van der Waals surface area contributed by atoms with E-state index in [0.717, 1.165) is 30.7 Å². The molecule has 142 valence electrons. The van der Waals surface area contributed by atoms with E-state index in [1.54, 1.807) is 10.7 Å². The average Bonchev–Trinajstić information content (AvgIpc) is 3.29. The minimum absolute atomic E-state index is 0.0996. The Labute approximate surface area is 157 Å². The molecule has 1 aliphatic carbocycles. The number of amides is 1. The number of benzene rings is 1. The fraction of sp³-hybridized carbons (Fsp3) is 0.450. The lowest BCUT2D eigenvalue weighted by atomic mass is 9.94. The first-order valence-corrected chi connectivity index (χ1v) is 9.33. The fourth-order valence-corrected chi connectivity index (χ4v) is 3.66. The van der Waals surface area contributed by atoms with E-state index < -0.39 is 0 Å². The molecule has 4 rings (SSSR count). The predicted molar refractivity (Wildman–Crippen MR) is 99.1 cm³/mol. The molecule has 2 aliphatic rings. The number of Topliss-reactive ketones (excluding diaryl/α,β-unsaturated/α-hetero) is 1. The Bertz CT molecular complexity index is 868. The van der Waals surface area contributed by atoms with Gasteiger partial charge in [-0.25, -0.2) is 0 Å². The molecule has 1 fully saturated rings. The highest BCUT2D eigenvalue weighted by Gasteiger charge is 2.27. The molecule has 2 heterocycles. The number of aryl methyl sites for hydroxylation is 1. The highest BCUT2D eigenvalue weighted by atomic mass is 16.5. The van der Waals surface area contributed by atoms with Gasteiger partial charge in [-0.1, -0.05) is 12.1 Å². The van der Waals surface area contributed by atoms with E-state index >= 15 is 0 Å². The Morgan fingerprint density at radius 2 is 2.22 bits per heavy atom. The Kier molecular flexibility index (Phi) is 4.94. The average molecular weight is 369 g/mol. The molecule has 0 radical (unpaired) electrons. The maximum absolute atomic E-state index is 12.8. The second-order valence-electron chi connectivity index (χ2n) is 7.01. The maximum atomic E-state index is 12.8. The summed E-state index contributed by atoms with van der Waals surface area (Å²) in [5.41, 5.74) is 2.60. The number of fused-ring (bicyclic) bond motifs is 1. The van der Waals surface area contributed by atoms with Crippen LogP contribution in [0.25, 0.3) is 0 Å². The van der Waals surface area contributed by atoms with Gasteiger partial charge in [0.2, 0.25) is 0 Å². The molecule has 1 saturated heterocycles. The summed E-state index contributed by atoms with van der Waals surface area (Å²) in [6.07, 6.45) is 3.55. The SMILES string of the molecule is Cn1nc(C(=O)Nc2ccccc2OCC2CCCO2)c2c1CCC(=O)C2. The Balaban J connectivity index is 1.51. The zero-order valence-corrected chi connectivity index (χ0v) is 15.4. The number of hydrogen-bond donors (Lipinski definition) is 1. The van der Waals surface area contributed by atoms with Crippen molar-refractivity contribution in [3.63, 3.8) is 0 Å². The van der Waals surface area contributed by atoms with Gasteiger partial charge in [-0.15, -0.1) is 0 Å². The highest BCUT2D eigenvalue weighted by molar-refractivity contribution is 6.05. The summed E-state index contributed by atoms with van der Waals surface area (Å²) in [5.74, 6) is 0.418. The third-order valence-corrected chi connectivity index (χ3v) is 5.09. The Morgan fingerprint density at radius 1 is 1.37 bits per heavy atom. The van der Waals surface area contributed by atoms with E-state index in [4.69, 9.17) is 9.47 Å². The first kappa shape index (κ1) is 17.7. The van der Waals surface area contributed by atoms with Crippen molar-refractivity contribution in [2.24, 2.45) is 7.05 Å². The maximum Gasteiger partial charge on any atom is 0.276 e. The number of nitrogens with one attached hydrogen (secondary N) is 1. The zero-order valence-electron chi connectivity index (χ0n) is 15.4. The summed E-state index contributed by atoms with van der Waals surface area (Å²) in [4.78, 5) is 24.7. The van der Waals surface area contributed by atoms with E-state index in [2.05, 4.69) is 10.4 Å². The molecule has 1 atom stereocenters. The normalized spacial score (nSPS) is 19.0. The molecule has 1 N–H and O–H groups in total. The van der Waals surface area contributed by atoms with E-state index in [9.17, 15) is 9.59 Å². The second kappa shape index (κ2) is 7.52. The molecule has 0 spiro atoms. The van der Waals surface area contributed by atoms with Crippen LogP contribution in [0, 0.1) is 0 Å². The first-order valence-electron chi connectivity index (χ1n) is 9.33. The van der Waals surface area contributed by atoms with Crippen molar-refractivity contribution < 1.29 is 19.1 Å². The van der Waals surface area contributed by atoms with Crippen molar-refractivity contribution in [1.82, 2.24) is 9.78 Å². The summed E-state index contributed by atoms with van der Waals surface area (Å²) in [5, 5.41) is 7.24. The van der Waals surface area contributed by atoms with Crippen LogP contribution in [0.3, 0.4) is 0 Å². The number of hydrogen-bond acceptors (Lipinski definition) is 5. The topological polar surface area (TPSA) is 82.5 Å². The van der Waals surface area contributed by atoms with Gasteiger partial charge in [-0.05, 0) is 31.4 Å². The van der Waals surface area contributed by atoms with Gasteiger partial charge in [0.15, 0.2) is 5.69 Å². The fourth-order valence-electron chi connectivity index (χ4n) is 3.66. The smallest absolute Gasteiger partial charge is 0.276 e. The third-order valence-electron chi connectivity index (χ3n) is 5.09. The molecule has 0 bridgehead atoms. The Morgan fingerprint density at radius 3 is 3.04 bits per heavy atom. The minimum atomic E-state index is -0.324. The van der Waals surface area contributed by atoms with E-state index in [0.29, 0.717) is 36.6 Å². The van der Waals surface area contributed by atoms with Gasteiger partial charge in [0.05, 0.1) is 11.8 Å². The van der Waals surface area contributed by atoms with Gasteiger partial charge < -0.3 is 14.8 Å². The molecule has 1 aromatic heterocycles. The van der Waals surface area contributed by atoms with Gasteiger partial charge >= 0.3 is 0 Å². The standard InChI is InChI=1S/C20H23N3O4/c1-23-17-9-8-13(24)11-15(17)19(22-23)20(25)21-16-6-2-3-7-18(16)27-12-14-5-4-10-26-14/h2-3,6-7,14H,4-5,8-12H2,1H3,(H,21,25). The van der Waals surface area contributed by atoms with E-state index in [1.165, 1.54) is 0 Å². The molecule has 7 nitrogen and oxygen atoms in total. The van der Waals surface area contributed by atoms with Gasteiger partial charge in [0.1, 0.15) is 18.1 Å². The van der Waals surface area contributed by atoms with Crippen molar-refractivity contribution in [2.45, 2.75) is 38.2 Å². The second-order valence-corrected chi connectivity index (χ2v) is 7.01. The van der Waals surface area contributed by atoms with E-state index in [1.807, 2.05) is 25.2 Å². The van der Waals surface area contributed by atoms with Crippen molar-refractivity contribution in [3.05, 3.63) is 41.2 Å². The molecule has 1 aromatic carbocycles. The summed E-state index contributed by atoms with van der Waals surface area (Å²) < 4.78 is 13.2. The van der Waals surface area contributed by atoms with Crippen LogP contribution in [0.5, 0.6) is 5.75 Å². The lowest BCUT2D eigenvalue weighted by Gasteiger charge is -2.15. The molecule has 7 heteroatoms. The Hall–Kier alpha value is -2.67. The number of ketones is 1.